The van der Waals surface area contributed by atoms with E-state index in [0.29, 0.717) is 18.9 Å². The van der Waals surface area contributed by atoms with Gasteiger partial charge >= 0.3 is 0 Å². The Balaban J connectivity index is 1.41. The molecule has 144 valence electrons. The smallest absolute Gasteiger partial charge is 0.254 e. The lowest BCUT2D eigenvalue weighted by Gasteiger charge is -2.35. The molecular formula is C20H21IN6O. The number of carbonyl (C=O) groups excluding carboxylic acids is 1. The Labute approximate surface area is 177 Å². The highest BCUT2D eigenvalue weighted by molar-refractivity contribution is 14.1. The maximum atomic E-state index is 12.7. The first kappa shape index (κ1) is 18.9. The Morgan fingerprint density at radius 2 is 1.68 bits per heavy atom. The largest absolute Gasteiger partial charge is 0.352 e. The highest BCUT2D eigenvalue weighted by Gasteiger charge is 2.23. The molecule has 1 fully saturated rings. The van der Waals surface area contributed by atoms with Gasteiger partial charge in [-0.2, -0.15) is 5.10 Å². The minimum absolute atomic E-state index is 0.0872. The van der Waals surface area contributed by atoms with Crippen LogP contribution in [0.25, 0.3) is 5.82 Å². The number of rotatable bonds is 3. The van der Waals surface area contributed by atoms with Crippen LogP contribution in [0.3, 0.4) is 0 Å². The molecule has 28 heavy (non-hydrogen) atoms. The van der Waals surface area contributed by atoms with Gasteiger partial charge in [0.2, 0.25) is 0 Å². The monoisotopic (exact) mass is 488 g/mol. The third-order valence-corrected chi connectivity index (χ3v) is 5.50. The number of anilines is 1. The second-order valence-corrected chi connectivity index (χ2v) is 8.12. The van der Waals surface area contributed by atoms with Gasteiger partial charge in [-0.25, -0.2) is 4.68 Å². The maximum Gasteiger partial charge on any atom is 0.254 e. The lowest BCUT2D eigenvalue weighted by atomic mass is 10.2. The van der Waals surface area contributed by atoms with Crippen LogP contribution in [-0.4, -0.2) is 57.0 Å². The van der Waals surface area contributed by atoms with Gasteiger partial charge in [0, 0.05) is 41.0 Å². The number of aromatic nitrogens is 4. The Bertz CT molecular complexity index is 992. The Morgan fingerprint density at radius 1 is 0.964 bits per heavy atom. The summed E-state index contributed by atoms with van der Waals surface area (Å²) in [4.78, 5) is 16.8. The summed E-state index contributed by atoms with van der Waals surface area (Å²) in [5.74, 6) is 1.62. The van der Waals surface area contributed by atoms with E-state index >= 15 is 0 Å². The van der Waals surface area contributed by atoms with Crippen LogP contribution < -0.4 is 4.90 Å². The van der Waals surface area contributed by atoms with Crippen molar-refractivity contribution in [2.45, 2.75) is 13.8 Å². The van der Waals surface area contributed by atoms with Gasteiger partial charge in [0.05, 0.1) is 5.69 Å². The summed E-state index contributed by atoms with van der Waals surface area (Å²) < 4.78 is 2.87. The molecule has 1 aromatic carbocycles. The van der Waals surface area contributed by atoms with E-state index in [1.54, 1.807) is 4.68 Å². The molecule has 0 N–H and O–H groups in total. The fourth-order valence-corrected chi connectivity index (χ4v) is 3.95. The van der Waals surface area contributed by atoms with E-state index < -0.39 is 0 Å². The van der Waals surface area contributed by atoms with Crippen LogP contribution in [0.1, 0.15) is 21.7 Å². The number of aryl methyl sites for hydroxylation is 2. The third kappa shape index (κ3) is 3.87. The number of piperazine rings is 1. The van der Waals surface area contributed by atoms with Gasteiger partial charge in [-0.1, -0.05) is 6.07 Å². The van der Waals surface area contributed by atoms with E-state index in [4.69, 9.17) is 0 Å². The van der Waals surface area contributed by atoms with Crippen molar-refractivity contribution in [1.29, 1.82) is 0 Å². The number of halogens is 1. The van der Waals surface area contributed by atoms with Gasteiger partial charge in [0.25, 0.3) is 5.91 Å². The third-order valence-electron chi connectivity index (χ3n) is 4.83. The second-order valence-electron chi connectivity index (χ2n) is 6.88. The molecule has 1 saturated heterocycles. The molecule has 0 unspecified atom stereocenters. The number of benzene rings is 1. The molecule has 4 rings (SSSR count). The maximum absolute atomic E-state index is 12.7. The second kappa shape index (κ2) is 7.86. The molecular weight excluding hydrogens is 467 g/mol. The summed E-state index contributed by atoms with van der Waals surface area (Å²) in [5.41, 5.74) is 2.73. The topological polar surface area (TPSA) is 67.2 Å². The summed E-state index contributed by atoms with van der Waals surface area (Å²) in [6.07, 6.45) is 0. The van der Waals surface area contributed by atoms with Crippen molar-refractivity contribution >= 4 is 34.3 Å². The number of hydrogen-bond donors (Lipinski definition) is 0. The molecule has 1 aliphatic heterocycles. The standard InChI is InChI=1S/C20H21IN6O/c1-14-12-15(2)27(24-14)19-7-6-18(22-23-19)25-8-10-26(11-9-25)20(28)16-4-3-5-17(21)13-16/h3-7,12-13H,8-11H2,1-2H3. The minimum Gasteiger partial charge on any atom is -0.352 e. The molecule has 0 atom stereocenters. The molecule has 1 amide bonds. The molecule has 3 heterocycles. The van der Waals surface area contributed by atoms with Crippen molar-refractivity contribution in [3.63, 3.8) is 0 Å². The van der Waals surface area contributed by atoms with Crippen molar-refractivity contribution in [3.05, 3.63) is 63.0 Å². The predicted molar refractivity (Wildman–Crippen MR) is 116 cm³/mol. The van der Waals surface area contributed by atoms with Crippen molar-refractivity contribution in [2.75, 3.05) is 31.1 Å². The Hall–Kier alpha value is -2.49. The van der Waals surface area contributed by atoms with Crippen molar-refractivity contribution in [2.24, 2.45) is 0 Å². The zero-order chi connectivity index (χ0) is 19.7. The minimum atomic E-state index is 0.0872. The Morgan fingerprint density at radius 3 is 2.29 bits per heavy atom. The fraction of sp³-hybridized carbons (Fsp3) is 0.300. The number of hydrogen-bond acceptors (Lipinski definition) is 5. The summed E-state index contributed by atoms with van der Waals surface area (Å²) >= 11 is 2.23. The first-order chi connectivity index (χ1) is 13.5. The van der Waals surface area contributed by atoms with E-state index in [9.17, 15) is 4.79 Å². The molecule has 0 saturated carbocycles. The van der Waals surface area contributed by atoms with E-state index in [0.717, 1.165) is 39.4 Å². The van der Waals surface area contributed by atoms with E-state index in [1.165, 1.54) is 0 Å². The van der Waals surface area contributed by atoms with Gasteiger partial charge in [-0.05, 0) is 72.8 Å². The first-order valence-electron chi connectivity index (χ1n) is 9.18. The summed E-state index contributed by atoms with van der Waals surface area (Å²) in [6.45, 7) is 6.78. The van der Waals surface area contributed by atoms with Crippen LogP contribution in [0.5, 0.6) is 0 Å². The van der Waals surface area contributed by atoms with Crippen molar-refractivity contribution in [1.82, 2.24) is 24.9 Å². The zero-order valence-corrected chi connectivity index (χ0v) is 18.0. The van der Waals surface area contributed by atoms with E-state index in [2.05, 4.69) is 42.8 Å². The predicted octanol–water partition coefficient (Wildman–Crippen LogP) is 2.85. The summed E-state index contributed by atoms with van der Waals surface area (Å²) in [5, 5.41) is 13.2. The van der Waals surface area contributed by atoms with Crippen LogP contribution >= 0.6 is 22.6 Å². The van der Waals surface area contributed by atoms with Crippen LogP contribution in [0.4, 0.5) is 5.82 Å². The van der Waals surface area contributed by atoms with E-state index in [-0.39, 0.29) is 5.91 Å². The fourth-order valence-electron chi connectivity index (χ4n) is 3.40. The lowest BCUT2D eigenvalue weighted by Crippen LogP contribution is -2.49. The quantitative estimate of drug-likeness (QED) is 0.531. The average molecular weight is 488 g/mol. The highest BCUT2D eigenvalue weighted by atomic mass is 127. The van der Waals surface area contributed by atoms with Crippen LogP contribution in [-0.2, 0) is 0 Å². The summed E-state index contributed by atoms with van der Waals surface area (Å²) in [7, 11) is 0. The molecule has 0 aliphatic carbocycles. The molecule has 0 spiro atoms. The molecule has 0 bridgehead atoms. The number of carbonyl (C=O) groups is 1. The highest BCUT2D eigenvalue weighted by Crippen LogP contribution is 2.17. The Kier molecular flexibility index (Phi) is 5.29. The molecule has 2 aromatic heterocycles. The van der Waals surface area contributed by atoms with Gasteiger partial charge in [-0.3, -0.25) is 4.79 Å². The van der Waals surface area contributed by atoms with Crippen LogP contribution in [0.2, 0.25) is 0 Å². The number of nitrogens with zero attached hydrogens (tertiary/aromatic N) is 6. The van der Waals surface area contributed by atoms with Crippen LogP contribution in [0.15, 0.2) is 42.5 Å². The molecule has 1 aliphatic rings. The number of amides is 1. The molecule has 3 aromatic rings. The molecule has 0 radical (unpaired) electrons. The first-order valence-corrected chi connectivity index (χ1v) is 10.3. The lowest BCUT2D eigenvalue weighted by molar-refractivity contribution is 0.0746. The molecule has 7 nitrogen and oxygen atoms in total. The molecule has 8 heteroatoms. The van der Waals surface area contributed by atoms with Gasteiger partial charge in [-0.15, -0.1) is 10.2 Å². The van der Waals surface area contributed by atoms with Crippen LogP contribution in [0, 0.1) is 17.4 Å². The van der Waals surface area contributed by atoms with Gasteiger partial charge in [0.1, 0.15) is 0 Å². The van der Waals surface area contributed by atoms with Gasteiger partial charge in [0.15, 0.2) is 11.6 Å². The van der Waals surface area contributed by atoms with Gasteiger partial charge < -0.3 is 9.80 Å². The van der Waals surface area contributed by atoms with Crippen molar-refractivity contribution < 1.29 is 4.79 Å². The summed E-state index contributed by atoms with van der Waals surface area (Å²) in [6, 6.07) is 13.6. The zero-order valence-electron chi connectivity index (χ0n) is 15.8. The van der Waals surface area contributed by atoms with Crippen molar-refractivity contribution in [3.8, 4) is 5.82 Å². The average Bonchev–Trinajstić information content (AvgIpc) is 3.06. The van der Waals surface area contributed by atoms with E-state index in [1.807, 2.05) is 61.2 Å². The normalized spacial score (nSPS) is 14.4. The SMILES string of the molecule is Cc1cc(C)n(-c2ccc(N3CCN(C(=O)c4cccc(I)c4)CC3)nn2)n1.